The topological polar surface area (TPSA) is 105 Å². The normalized spacial score (nSPS) is 14.0. The van der Waals surface area contributed by atoms with E-state index in [1.807, 2.05) is 45.0 Å². The molecule has 202 valence electrons. The van der Waals surface area contributed by atoms with E-state index in [1.165, 1.54) is 11.8 Å². The molecular weight excluding hydrogens is 562 g/mol. The van der Waals surface area contributed by atoms with Crippen molar-refractivity contribution in [3.63, 3.8) is 0 Å². The fourth-order valence-electron chi connectivity index (χ4n) is 3.75. The summed E-state index contributed by atoms with van der Waals surface area (Å²) in [6, 6.07) is 11.3. The molecule has 9 nitrogen and oxygen atoms in total. The summed E-state index contributed by atoms with van der Waals surface area (Å²) in [4.78, 5) is 28.2. The van der Waals surface area contributed by atoms with Crippen LogP contribution < -0.4 is 19.1 Å². The van der Waals surface area contributed by atoms with Gasteiger partial charge in [-0.3, -0.25) is 13.9 Å². The molecule has 0 unspecified atom stereocenters. The minimum absolute atomic E-state index is 0.131. The van der Waals surface area contributed by atoms with Crippen LogP contribution in [0.3, 0.4) is 0 Å². The number of hydrogen-bond donors (Lipinski definition) is 1. The van der Waals surface area contributed by atoms with Gasteiger partial charge in [-0.15, -0.1) is 0 Å². The van der Waals surface area contributed by atoms with E-state index in [-0.39, 0.29) is 23.9 Å². The number of nitrogens with zero attached hydrogens (tertiary/aromatic N) is 2. The lowest BCUT2D eigenvalue weighted by Crippen LogP contribution is -2.54. The smallest absolute Gasteiger partial charge is 0.244 e. The van der Waals surface area contributed by atoms with Crippen molar-refractivity contribution >= 4 is 43.5 Å². The summed E-state index contributed by atoms with van der Waals surface area (Å²) in [7, 11) is -3.84. The first-order valence-electron chi connectivity index (χ1n) is 12.1. The Morgan fingerprint density at radius 2 is 1.68 bits per heavy atom. The molecule has 0 saturated carbocycles. The van der Waals surface area contributed by atoms with E-state index >= 15 is 0 Å². The summed E-state index contributed by atoms with van der Waals surface area (Å²) < 4.78 is 39.3. The SMILES string of the molecule is CCS(=O)(=O)N(CC(=O)N(Cc1ccc(Br)cc1)[C@H](C)C(=O)NC(C)(C)C)c1ccc2c(c1)OCCO2. The average Bonchev–Trinajstić information content (AvgIpc) is 2.85. The van der Waals surface area contributed by atoms with Gasteiger partial charge in [-0.25, -0.2) is 8.42 Å². The number of nitrogens with one attached hydrogen (secondary N) is 1. The molecular formula is C26H34BrN3O6S. The first kappa shape index (κ1) is 28.8. The molecule has 1 atom stereocenters. The summed E-state index contributed by atoms with van der Waals surface area (Å²) in [6.07, 6.45) is 0. The molecule has 1 aliphatic heterocycles. The second kappa shape index (κ2) is 11.7. The zero-order valence-electron chi connectivity index (χ0n) is 21.8. The zero-order valence-corrected chi connectivity index (χ0v) is 24.2. The Balaban J connectivity index is 1.95. The fraction of sp³-hybridized carbons (Fsp3) is 0.462. The van der Waals surface area contributed by atoms with Crippen LogP contribution in [0.5, 0.6) is 11.5 Å². The maximum atomic E-state index is 13.7. The van der Waals surface area contributed by atoms with Gasteiger partial charge in [0.1, 0.15) is 25.8 Å². The minimum atomic E-state index is -3.84. The van der Waals surface area contributed by atoms with Crippen LogP contribution in [0.25, 0.3) is 0 Å². The molecule has 0 saturated heterocycles. The number of sulfonamides is 1. The van der Waals surface area contributed by atoms with Gasteiger partial charge in [0.2, 0.25) is 21.8 Å². The standard InChI is InChI=1S/C26H34BrN3O6S/c1-6-37(33,34)30(21-11-12-22-23(15-21)36-14-13-35-22)17-24(31)29(16-19-7-9-20(27)10-8-19)18(2)25(32)28-26(3,4)5/h7-12,15,18H,6,13-14,16-17H2,1-5H3,(H,28,32)/t18-/m1/s1. The van der Waals surface area contributed by atoms with Crippen molar-refractivity contribution in [2.75, 3.05) is 29.8 Å². The molecule has 1 aliphatic rings. The molecule has 2 aromatic rings. The Labute approximate surface area is 227 Å². The minimum Gasteiger partial charge on any atom is -0.486 e. The van der Waals surface area contributed by atoms with Crippen molar-refractivity contribution in [1.82, 2.24) is 10.2 Å². The number of halogens is 1. The summed E-state index contributed by atoms with van der Waals surface area (Å²) in [5, 5.41) is 2.91. The van der Waals surface area contributed by atoms with Crippen molar-refractivity contribution in [2.24, 2.45) is 0 Å². The Hall–Kier alpha value is -2.79. The first-order valence-corrected chi connectivity index (χ1v) is 14.5. The third-order valence-corrected chi connectivity index (χ3v) is 7.99. The predicted molar refractivity (Wildman–Crippen MR) is 146 cm³/mol. The number of carbonyl (C=O) groups excluding carboxylic acids is 2. The van der Waals surface area contributed by atoms with Crippen LogP contribution in [0, 0.1) is 0 Å². The predicted octanol–water partition coefficient (Wildman–Crippen LogP) is 3.71. The van der Waals surface area contributed by atoms with Gasteiger partial charge < -0.3 is 19.7 Å². The number of benzene rings is 2. The summed E-state index contributed by atoms with van der Waals surface area (Å²) in [5.41, 5.74) is 0.589. The fourth-order valence-corrected chi connectivity index (χ4v) is 5.07. The van der Waals surface area contributed by atoms with Crippen molar-refractivity contribution in [3.8, 4) is 11.5 Å². The second-order valence-corrected chi connectivity index (χ2v) is 12.9. The molecule has 0 aliphatic carbocycles. The first-order chi connectivity index (χ1) is 17.3. The average molecular weight is 597 g/mol. The lowest BCUT2D eigenvalue weighted by molar-refractivity contribution is -0.140. The molecule has 2 aromatic carbocycles. The van der Waals surface area contributed by atoms with Gasteiger partial charge in [0.25, 0.3) is 0 Å². The monoisotopic (exact) mass is 595 g/mol. The number of fused-ring (bicyclic) bond motifs is 1. The van der Waals surface area contributed by atoms with Crippen LogP contribution >= 0.6 is 15.9 Å². The van der Waals surface area contributed by atoms with E-state index in [4.69, 9.17) is 9.47 Å². The Morgan fingerprint density at radius 1 is 1.05 bits per heavy atom. The number of rotatable bonds is 9. The lowest BCUT2D eigenvalue weighted by atomic mass is 10.1. The maximum Gasteiger partial charge on any atom is 0.244 e. The largest absolute Gasteiger partial charge is 0.486 e. The highest BCUT2D eigenvalue weighted by molar-refractivity contribution is 9.10. The molecule has 1 heterocycles. The van der Waals surface area contributed by atoms with E-state index in [9.17, 15) is 18.0 Å². The summed E-state index contributed by atoms with van der Waals surface area (Å²) in [6.45, 7) is 9.14. The van der Waals surface area contributed by atoms with Crippen molar-refractivity contribution in [2.45, 2.75) is 52.7 Å². The van der Waals surface area contributed by atoms with Crippen molar-refractivity contribution < 1.29 is 27.5 Å². The van der Waals surface area contributed by atoms with Gasteiger partial charge in [-0.2, -0.15) is 0 Å². The third kappa shape index (κ3) is 7.61. The highest BCUT2D eigenvalue weighted by Gasteiger charge is 2.32. The number of anilines is 1. The van der Waals surface area contributed by atoms with Crippen LogP contribution in [0.15, 0.2) is 46.9 Å². The lowest BCUT2D eigenvalue weighted by Gasteiger charge is -2.33. The van der Waals surface area contributed by atoms with Gasteiger partial charge in [-0.1, -0.05) is 28.1 Å². The summed E-state index contributed by atoms with van der Waals surface area (Å²) in [5.74, 6) is -0.119. The molecule has 0 radical (unpaired) electrons. The molecule has 11 heteroatoms. The highest BCUT2D eigenvalue weighted by atomic mass is 79.9. The van der Waals surface area contributed by atoms with E-state index in [0.717, 1.165) is 14.3 Å². The number of hydrogen-bond acceptors (Lipinski definition) is 6. The molecule has 2 amide bonds. The Kier molecular flexibility index (Phi) is 9.12. The molecule has 1 N–H and O–H groups in total. The van der Waals surface area contributed by atoms with E-state index in [1.54, 1.807) is 25.1 Å². The van der Waals surface area contributed by atoms with Crippen LogP contribution in [-0.2, 0) is 26.2 Å². The maximum absolute atomic E-state index is 13.7. The van der Waals surface area contributed by atoms with Crippen LogP contribution in [0.1, 0.15) is 40.2 Å². The molecule has 0 fully saturated rings. The number of amides is 2. The quantitative estimate of drug-likeness (QED) is 0.474. The van der Waals surface area contributed by atoms with Gasteiger partial charge in [-0.05, 0) is 64.4 Å². The van der Waals surface area contributed by atoms with E-state index in [0.29, 0.717) is 24.7 Å². The number of carbonyl (C=O) groups is 2. The van der Waals surface area contributed by atoms with E-state index < -0.39 is 34.1 Å². The summed E-state index contributed by atoms with van der Waals surface area (Å²) >= 11 is 3.40. The van der Waals surface area contributed by atoms with Crippen LogP contribution in [0.4, 0.5) is 5.69 Å². The molecule has 0 spiro atoms. The molecule has 0 aromatic heterocycles. The van der Waals surface area contributed by atoms with E-state index in [2.05, 4.69) is 21.2 Å². The van der Waals surface area contributed by atoms with Gasteiger partial charge in [0.15, 0.2) is 11.5 Å². The number of ether oxygens (including phenoxy) is 2. The van der Waals surface area contributed by atoms with Crippen molar-refractivity contribution in [1.29, 1.82) is 0 Å². The zero-order chi connectivity index (χ0) is 27.4. The molecule has 3 rings (SSSR count). The third-order valence-electron chi connectivity index (χ3n) is 5.72. The van der Waals surface area contributed by atoms with Gasteiger partial charge in [0.05, 0.1) is 11.4 Å². The van der Waals surface area contributed by atoms with Gasteiger partial charge >= 0.3 is 0 Å². The highest BCUT2D eigenvalue weighted by Crippen LogP contribution is 2.35. The molecule has 37 heavy (non-hydrogen) atoms. The van der Waals surface area contributed by atoms with Crippen LogP contribution in [-0.4, -0.2) is 62.2 Å². The Bertz CT molecular complexity index is 1230. The van der Waals surface area contributed by atoms with Gasteiger partial charge in [0, 0.05) is 22.6 Å². The second-order valence-electron chi connectivity index (χ2n) is 9.80. The van der Waals surface area contributed by atoms with Crippen molar-refractivity contribution in [3.05, 3.63) is 52.5 Å². The molecule has 0 bridgehead atoms. The Morgan fingerprint density at radius 3 is 2.27 bits per heavy atom. The van der Waals surface area contributed by atoms with Crippen LogP contribution in [0.2, 0.25) is 0 Å².